The molecule has 5 rings (SSSR count). The summed E-state index contributed by atoms with van der Waals surface area (Å²) in [6.07, 6.45) is 2.54. The second-order valence-corrected chi connectivity index (χ2v) is 8.52. The molecule has 0 aliphatic carbocycles. The molecule has 6 nitrogen and oxygen atoms in total. The van der Waals surface area contributed by atoms with E-state index in [2.05, 4.69) is 10.3 Å². The van der Waals surface area contributed by atoms with E-state index in [4.69, 9.17) is 0 Å². The number of amides is 1. The zero-order valence-electron chi connectivity index (χ0n) is 17.2. The molecule has 3 aromatic heterocycles. The van der Waals surface area contributed by atoms with Crippen molar-refractivity contribution in [3.63, 3.8) is 0 Å². The van der Waals surface area contributed by atoms with E-state index in [0.717, 1.165) is 22.0 Å². The van der Waals surface area contributed by atoms with Crippen molar-refractivity contribution >= 4 is 38.4 Å². The van der Waals surface area contributed by atoms with Gasteiger partial charge in [-0.2, -0.15) is 0 Å². The first kappa shape index (κ1) is 20.1. The second kappa shape index (κ2) is 8.36. The molecule has 0 saturated carbocycles. The van der Waals surface area contributed by atoms with Crippen molar-refractivity contribution in [2.75, 3.05) is 6.54 Å². The average Bonchev–Trinajstić information content (AvgIpc) is 3.45. The SMILES string of the molecule is O=C(NCCc1c[nH]c2ccccc12)c1c(O)c2sccc2n(Cc2ccccc2)c1=O. The van der Waals surface area contributed by atoms with Crippen molar-refractivity contribution in [3.05, 3.63) is 99.3 Å². The highest BCUT2D eigenvalue weighted by molar-refractivity contribution is 7.17. The quantitative estimate of drug-likeness (QED) is 0.366. The molecule has 3 N–H and O–H groups in total. The number of aromatic amines is 1. The molecule has 0 fully saturated rings. The first-order valence-corrected chi connectivity index (χ1v) is 11.2. The molecular formula is C25H21N3O3S. The summed E-state index contributed by atoms with van der Waals surface area (Å²) >= 11 is 1.31. The van der Waals surface area contributed by atoms with E-state index in [9.17, 15) is 14.7 Å². The minimum atomic E-state index is -0.565. The van der Waals surface area contributed by atoms with Crippen LogP contribution < -0.4 is 10.9 Å². The molecule has 160 valence electrons. The largest absolute Gasteiger partial charge is 0.505 e. The molecule has 3 heterocycles. The lowest BCUT2D eigenvalue weighted by Crippen LogP contribution is -2.34. The van der Waals surface area contributed by atoms with Crippen LogP contribution in [0.5, 0.6) is 5.75 Å². The topological polar surface area (TPSA) is 87.1 Å². The van der Waals surface area contributed by atoms with Crippen LogP contribution in [-0.2, 0) is 13.0 Å². The number of thiophene rings is 1. The minimum absolute atomic E-state index is 0.213. The Morgan fingerprint density at radius 1 is 1.06 bits per heavy atom. The Kier molecular flexibility index (Phi) is 5.25. The number of nitrogens with one attached hydrogen (secondary N) is 2. The summed E-state index contributed by atoms with van der Waals surface area (Å²) in [4.78, 5) is 29.4. The molecular weight excluding hydrogens is 422 g/mol. The van der Waals surface area contributed by atoms with Crippen LogP contribution in [-0.4, -0.2) is 27.1 Å². The van der Waals surface area contributed by atoms with E-state index in [1.807, 2.05) is 66.2 Å². The fraction of sp³-hybridized carbons (Fsp3) is 0.120. The van der Waals surface area contributed by atoms with Crippen LogP contribution in [0.4, 0.5) is 0 Å². The van der Waals surface area contributed by atoms with Gasteiger partial charge >= 0.3 is 0 Å². The van der Waals surface area contributed by atoms with Crippen LogP contribution in [0, 0.1) is 0 Å². The summed E-state index contributed by atoms with van der Waals surface area (Å²) in [5.41, 5.74) is 2.98. The maximum atomic E-state index is 13.3. The van der Waals surface area contributed by atoms with Gasteiger partial charge in [0.25, 0.3) is 11.5 Å². The van der Waals surface area contributed by atoms with Crippen LogP contribution in [0.1, 0.15) is 21.5 Å². The normalized spacial score (nSPS) is 11.2. The molecule has 0 aliphatic rings. The lowest BCUT2D eigenvalue weighted by molar-refractivity contribution is 0.0949. The number of fused-ring (bicyclic) bond motifs is 2. The van der Waals surface area contributed by atoms with Crippen molar-refractivity contribution in [1.29, 1.82) is 0 Å². The van der Waals surface area contributed by atoms with Crippen LogP contribution in [0.15, 0.2) is 77.0 Å². The number of hydrogen-bond donors (Lipinski definition) is 3. The maximum absolute atomic E-state index is 13.3. The number of H-pyrrole nitrogens is 1. The molecule has 0 aliphatic heterocycles. The van der Waals surface area contributed by atoms with Crippen LogP contribution in [0.25, 0.3) is 21.1 Å². The summed E-state index contributed by atoms with van der Waals surface area (Å²) < 4.78 is 2.08. The molecule has 5 aromatic rings. The van der Waals surface area contributed by atoms with Gasteiger partial charge < -0.3 is 20.0 Å². The van der Waals surface area contributed by atoms with Gasteiger partial charge in [-0.25, -0.2) is 0 Å². The number of rotatable bonds is 6. The van der Waals surface area contributed by atoms with Crippen molar-refractivity contribution < 1.29 is 9.90 Å². The first-order valence-electron chi connectivity index (χ1n) is 10.3. The molecule has 2 aromatic carbocycles. The Morgan fingerprint density at radius 3 is 2.69 bits per heavy atom. The van der Waals surface area contributed by atoms with E-state index < -0.39 is 11.5 Å². The summed E-state index contributed by atoms with van der Waals surface area (Å²) in [5.74, 6) is -0.821. The number of aromatic hydroxyl groups is 1. The van der Waals surface area contributed by atoms with E-state index in [1.165, 1.54) is 11.3 Å². The Balaban J connectivity index is 1.42. The number of aromatic nitrogens is 2. The fourth-order valence-electron chi connectivity index (χ4n) is 4.02. The molecule has 0 unspecified atom stereocenters. The van der Waals surface area contributed by atoms with E-state index in [-0.39, 0.29) is 11.3 Å². The van der Waals surface area contributed by atoms with E-state index in [1.54, 1.807) is 10.6 Å². The van der Waals surface area contributed by atoms with E-state index in [0.29, 0.717) is 29.7 Å². The summed E-state index contributed by atoms with van der Waals surface area (Å²) in [6.45, 7) is 0.670. The number of hydrogen-bond acceptors (Lipinski definition) is 4. The smallest absolute Gasteiger partial charge is 0.268 e. The molecule has 0 bridgehead atoms. The number of pyridine rings is 1. The lowest BCUT2D eigenvalue weighted by atomic mass is 10.1. The Morgan fingerprint density at radius 2 is 1.84 bits per heavy atom. The molecule has 0 spiro atoms. The van der Waals surface area contributed by atoms with Crippen molar-refractivity contribution in [3.8, 4) is 5.75 Å². The van der Waals surface area contributed by atoms with Crippen LogP contribution >= 0.6 is 11.3 Å². The number of nitrogens with zero attached hydrogens (tertiary/aromatic N) is 1. The monoisotopic (exact) mass is 443 g/mol. The highest BCUT2D eigenvalue weighted by Gasteiger charge is 2.23. The van der Waals surface area contributed by atoms with Crippen molar-refractivity contribution in [2.24, 2.45) is 0 Å². The van der Waals surface area contributed by atoms with Gasteiger partial charge in [-0.1, -0.05) is 48.5 Å². The third-order valence-corrected chi connectivity index (χ3v) is 6.52. The van der Waals surface area contributed by atoms with Crippen LogP contribution in [0.3, 0.4) is 0 Å². The molecule has 32 heavy (non-hydrogen) atoms. The van der Waals surface area contributed by atoms with Gasteiger partial charge in [0.15, 0.2) is 5.75 Å². The van der Waals surface area contributed by atoms with Gasteiger partial charge in [0, 0.05) is 23.6 Å². The highest BCUT2D eigenvalue weighted by Crippen LogP contribution is 2.31. The van der Waals surface area contributed by atoms with Crippen LogP contribution in [0.2, 0.25) is 0 Å². The second-order valence-electron chi connectivity index (χ2n) is 7.60. The highest BCUT2D eigenvalue weighted by atomic mass is 32.1. The summed E-state index contributed by atoms with van der Waals surface area (Å²) in [5, 5.41) is 16.5. The lowest BCUT2D eigenvalue weighted by Gasteiger charge is -2.13. The Hall–Kier alpha value is -3.84. The van der Waals surface area contributed by atoms with Crippen molar-refractivity contribution in [2.45, 2.75) is 13.0 Å². The standard InChI is InChI=1S/C25H21N3O3S/c29-22-21(24(30)26-12-10-17-14-27-19-9-5-4-8-18(17)19)25(31)28(20-11-13-32-23(20)22)15-16-6-2-1-3-7-16/h1-9,11,13-14,27,29H,10,12,15H2,(H,26,30). The molecule has 7 heteroatoms. The third kappa shape index (κ3) is 3.56. The average molecular weight is 444 g/mol. The number of carbonyl (C=O) groups is 1. The molecule has 0 saturated heterocycles. The summed E-state index contributed by atoms with van der Waals surface area (Å²) in [7, 11) is 0. The minimum Gasteiger partial charge on any atom is -0.505 e. The number of para-hydroxylation sites is 1. The van der Waals surface area contributed by atoms with Gasteiger partial charge in [-0.15, -0.1) is 11.3 Å². The fourth-order valence-corrected chi connectivity index (χ4v) is 4.86. The van der Waals surface area contributed by atoms with Gasteiger partial charge in [0.1, 0.15) is 5.56 Å². The number of carbonyl (C=O) groups excluding carboxylic acids is 1. The predicted molar refractivity (Wildman–Crippen MR) is 128 cm³/mol. The predicted octanol–water partition coefficient (Wildman–Crippen LogP) is 4.27. The maximum Gasteiger partial charge on any atom is 0.268 e. The van der Waals surface area contributed by atoms with E-state index >= 15 is 0 Å². The zero-order chi connectivity index (χ0) is 22.1. The molecule has 0 atom stereocenters. The van der Waals surface area contributed by atoms with Gasteiger partial charge in [0.05, 0.1) is 16.8 Å². The van der Waals surface area contributed by atoms with Gasteiger partial charge in [-0.05, 0) is 35.1 Å². The van der Waals surface area contributed by atoms with Gasteiger partial charge in [0.2, 0.25) is 0 Å². The summed E-state index contributed by atoms with van der Waals surface area (Å²) in [6, 6.07) is 19.3. The molecule has 0 radical (unpaired) electrons. The van der Waals surface area contributed by atoms with Gasteiger partial charge in [-0.3, -0.25) is 9.59 Å². The third-order valence-electron chi connectivity index (χ3n) is 5.61. The van der Waals surface area contributed by atoms with Crippen molar-refractivity contribution in [1.82, 2.24) is 14.9 Å². The number of benzene rings is 2. The Bertz CT molecular complexity index is 1480. The first-order chi connectivity index (χ1) is 15.6. The zero-order valence-corrected chi connectivity index (χ0v) is 18.0. The Labute approximate surface area is 187 Å². The molecule has 1 amide bonds.